The number of nitrogens with zero attached hydrogens (tertiary/aromatic N) is 2. The number of pyridine rings is 1. The van der Waals surface area contributed by atoms with Crippen LogP contribution in [0.1, 0.15) is 59.3 Å². The number of rotatable bonds is 17. The first-order valence-corrected chi connectivity index (χ1v) is 24.3. The molecule has 416 valence electrons. The molecule has 23 heteroatoms. The quantitative estimate of drug-likeness (QED) is 0.0400. The van der Waals surface area contributed by atoms with Crippen LogP contribution in [0, 0.1) is 0 Å². The number of benzene rings is 5. The van der Waals surface area contributed by atoms with Crippen molar-refractivity contribution in [1.82, 2.24) is 20.5 Å². The van der Waals surface area contributed by atoms with E-state index in [1.54, 1.807) is 48.3 Å². The Morgan fingerprint density at radius 1 is 0.795 bits per heavy atom. The Labute approximate surface area is 443 Å². The molecule has 3 amide bonds. The molecule has 2 atom stereocenters. The van der Waals surface area contributed by atoms with Gasteiger partial charge in [-0.25, -0.2) is 14.4 Å². The van der Waals surface area contributed by atoms with Crippen molar-refractivity contribution in [3.8, 4) is 16.9 Å². The number of piperidine rings is 1. The summed E-state index contributed by atoms with van der Waals surface area (Å²) < 4.78 is 69.2. The fourth-order valence-electron chi connectivity index (χ4n) is 8.14. The number of aliphatic hydroxyl groups excluding tert-OH is 1. The minimum atomic E-state index is -5.08. The van der Waals surface area contributed by atoms with Crippen molar-refractivity contribution in [2.45, 2.75) is 69.6 Å². The van der Waals surface area contributed by atoms with Gasteiger partial charge in [0.05, 0.1) is 17.3 Å². The number of phenols is 1. The smallest absolute Gasteiger partial charge is 0.490 e. The Bertz CT molecular complexity index is 3020. The SMILES string of the molecule is C[C@H](Cc1cccc(CCNC(=O)c2ccc(N(C)C(=O)CCN3CCC(OC(=O)Nc4ccccc4-c4ccccc4)CC3)cc2)c1)NC[C@H](O)c1ccc(O)c2[nH]c(=O)ccc12.O=C(O)C(F)(F)F.O=C(O)C(F)(F)F. The van der Waals surface area contributed by atoms with Crippen molar-refractivity contribution >= 4 is 52.1 Å². The first-order chi connectivity index (χ1) is 36.9. The number of carbonyl (C=O) groups excluding carboxylic acids is 3. The highest BCUT2D eigenvalue weighted by molar-refractivity contribution is 5.96. The van der Waals surface area contributed by atoms with Crippen LogP contribution in [0.2, 0.25) is 0 Å². The number of anilines is 2. The molecule has 78 heavy (non-hydrogen) atoms. The number of aromatic nitrogens is 1. The summed E-state index contributed by atoms with van der Waals surface area (Å²) >= 11 is 0. The number of para-hydroxylation sites is 1. The second-order valence-electron chi connectivity index (χ2n) is 18.0. The van der Waals surface area contributed by atoms with Gasteiger partial charge >= 0.3 is 30.4 Å². The molecule has 1 aromatic heterocycles. The second kappa shape index (κ2) is 28.2. The lowest BCUT2D eigenvalue weighted by Crippen LogP contribution is -2.40. The monoisotopic (exact) mass is 1090 g/mol. The summed E-state index contributed by atoms with van der Waals surface area (Å²) in [4.78, 5) is 75.0. The normalized spacial score (nSPS) is 13.6. The van der Waals surface area contributed by atoms with Crippen molar-refractivity contribution in [2.75, 3.05) is 50.0 Å². The molecule has 7 rings (SSSR count). The number of H-pyrrole nitrogens is 1. The molecule has 1 saturated heterocycles. The van der Waals surface area contributed by atoms with Crippen molar-refractivity contribution in [3.63, 3.8) is 0 Å². The zero-order chi connectivity index (χ0) is 57.2. The molecule has 17 nitrogen and oxygen atoms in total. The van der Waals surface area contributed by atoms with Gasteiger partial charge in [0.25, 0.3) is 5.91 Å². The van der Waals surface area contributed by atoms with Crippen molar-refractivity contribution in [1.29, 1.82) is 0 Å². The molecule has 8 N–H and O–H groups in total. The molecule has 0 unspecified atom stereocenters. The number of halogens is 6. The van der Waals surface area contributed by atoms with Crippen molar-refractivity contribution in [3.05, 3.63) is 160 Å². The van der Waals surface area contributed by atoms with Gasteiger partial charge in [-0.1, -0.05) is 78.9 Å². The Morgan fingerprint density at radius 2 is 1.41 bits per heavy atom. The molecule has 6 aromatic rings. The number of carbonyl (C=O) groups is 5. The van der Waals surface area contributed by atoms with Crippen LogP contribution in [0.25, 0.3) is 22.0 Å². The predicted molar refractivity (Wildman–Crippen MR) is 278 cm³/mol. The van der Waals surface area contributed by atoms with Gasteiger partial charge in [0.1, 0.15) is 11.9 Å². The van der Waals surface area contributed by atoms with E-state index in [0.717, 1.165) is 41.8 Å². The molecule has 1 aliphatic rings. The molecule has 2 heterocycles. The molecule has 0 spiro atoms. The fourth-order valence-corrected chi connectivity index (χ4v) is 8.14. The minimum absolute atomic E-state index is 0.0283. The summed E-state index contributed by atoms with van der Waals surface area (Å²) in [5.74, 6) is -5.78. The number of fused-ring (bicyclic) bond motifs is 1. The number of aliphatic hydroxyl groups is 1. The zero-order valence-electron chi connectivity index (χ0n) is 42.2. The standard InChI is InChI=1S/C51H56N6O7.2C2HF3O2/c1-34(53-33-46(59)42-19-21-45(58)49-43(42)20-22-47(60)55-49)31-36-10-8-9-35(32-36)23-27-52-50(62)38-15-17-39(18-16-38)56(2)48(61)26-30-57-28-24-40(25-29-57)64-51(63)54-44-14-7-6-13-41(44)37-11-4-3-5-12-37;2*3-2(4,5)1(6)7/h3-22,32,34,40,46,53,58-59H,23-31,33H2,1-2H3,(H,52,62)(H,54,63)(H,55,60);2*(H,6,7)/t34-,46+;;/m1../s1. The van der Waals surface area contributed by atoms with Crippen LogP contribution in [-0.2, 0) is 32.0 Å². The molecule has 0 bridgehead atoms. The van der Waals surface area contributed by atoms with Gasteiger partial charge in [-0.05, 0) is 97.3 Å². The van der Waals surface area contributed by atoms with Crippen LogP contribution in [0.3, 0.4) is 0 Å². The number of ether oxygens (including phenoxy) is 1. The van der Waals surface area contributed by atoms with E-state index in [0.29, 0.717) is 72.2 Å². The molecule has 0 saturated carbocycles. The lowest BCUT2D eigenvalue weighted by atomic mass is 10.0. The predicted octanol–water partition coefficient (Wildman–Crippen LogP) is 8.46. The molecule has 5 aromatic carbocycles. The van der Waals surface area contributed by atoms with E-state index in [9.17, 15) is 55.7 Å². The van der Waals surface area contributed by atoms with Gasteiger partial charge in [0, 0.05) is 80.5 Å². The van der Waals surface area contributed by atoms with Crippen LogP contribution in [-0.4, -0.2) is 124 Å². The Morgan fingerprint density at radius 3 is 2.05 bits per heavy atom. The number of aromatic hydroxyl groups is 1. The average Bonchev–Trinajstić information content (AvgIpc) is 3.42. The van der Waals surface area contributed by atoms with Crippen LogP contribution in [0.4, 0.5) is 42.5 Å². The van der Waals surface area contributed by atoms with Gasteiger partial charge < -0.3 is 50.6 Å². The summed E-state index contributed by atoms with van der Waals surface area (Å²) in [6, 6.07) is 39.0. The van der Waals surface area contributed by atoms with Crippen LogP contribution < -0.4 is 26.4 Å². The van der Waals surface area contributed by atoms with E-state index in [-0.39, 0.29) is 41.8 Å². The second-order valence-corrected chi connectivity index (χ2v) is 18.0. The van der Waals surface area contributed by atoms with E-state index >= 15 is 0 Å². The summed E-state index contributed by atoms with van der Waals surface area (Å²) in [5.41, 5.74) is 6.64. The Balaban J connectivity index is 0.000000706. The van der Waals surface area contributed by atoms with E-state index in [1.165, 1.54) is 12.1 Å². The maximum atomic E-state index is 13.2. The Hall–Kier alpha value is -8.28. The number of hydrogen-bond acceptors (Lipinski definition) is 11. The van der Waals surface area contributed by atoms with Crippen molar-refractivity contribution < 1.29 is 75.5 Å². The number of aromatic amines is 1. The van der Waals surface area contributed by atoms with E-state index in [2.05, 4.69) is 38.0 Å². The maximum Gasteiger partial charge on any atom is 0.490 e. The third-order valence-electron chi connectivity index (χ3n) is 12.2. The highest BCUT2D eigenvalue weighted by Gasteiger charge is 2.39. The van der Waals surface area contributed by atoms with Crippen LogP contribution >= 0.6 is 0 Å². The van der Waals surface area contributed by atoms with Gasteiger partial charge in [-0.2, -0.15) is 26.3 Å². The maximum absolute atomic E-state index is 13.2. The molecule has 0 radical (unpaired) electrons. The fraction of sp³-hybridized carbons (Fsp3) is 0.309. The number of nitrogens with one attached hydrogen (secondary N) is 4. The largest absolute Gasteiger partial charge is 0.506 e. The number of carboxylic acids is 2. The third-order valence-corrected chi connectivity index (χ3v) is 12.2. The number of likely N-dealkylation sites (tertiary alicyclic amines) is 1. The molecule has 1 fully saturated rings. The van der Waals surface area contributed by atoms with Crippen molar-refractivity contribution in [2.24, 2.45) is 0 Å². The first-order valence-electron chi connectivity index (χ1n) is 24.3. The highest BCUT2D eigenvalue weighted by atomic mass is 19.4. The average molecular weight is 1090 g/mol. The highest BCUT2D eigenvalue weighted by Crippen LogP contribution is 2.30. The molecule has 0 aliphatic carbocycles. The number of hydrogen-bond donors (Lipinski definition) is 8. The molecule has 1 aliphatic heterocycles. The van der Waals surface area contributed by atoms with E-state index in [1.807, 2.05) is 73.7 Å². The van der Waals surface area contributed by atoms with Crippen LogP contribution in [0.15, 0.2) is 132 Å². The number of phenolic OH excluding ortho intramolecular Hbond substituents is 1. The van der Waals surface area contributed by atoms with Gasteiger partial charge in [0.15, 0.2) is 0 Å². The first kappa shape index (κ1) is 60.6. The van der Waals surface area contributed by atoms with E-state index in [4.69, 9.17) is 24.5 Å². The lowest BCUT2D eigenvalue weighted by Gasteiger charge is -2.31. The number of carboxylic acid groups (broad SMARTS) is 2. The molecular formula is C55H58F6N6O11. The summed E-state index contributed by atoms with van der Waals surface area (Å²) in [5, 5.41) is 45.3. The summed E-state index contributed by atoms with van der Waals surface area (Å²) in [7, 11) is 1.74. The molecular weight excluding hydrogens is 1030 g/mol. The number of aliphatic carboxylic acids is 2. The summed E-state index contributed by atoms with van der Waals surface area (Å²) in [6.07, 6.45) is -8.60. The zero-order valence-corrected chi connectivity index (χ0v) is 42.2. The van der Waals surface area contributed by atoms with E-state index < -0.39 is 36.5 Å². The topological polar surface area (TPSA) is 251 Å². The third kappa shape index (κ3) is 18.8. The number of alkyl halides is 6. The minimum Gasteiger partial charge on any atom is -0.506 e. The number of amides is 3. The lowest BCUT2D eigenvalue weighted by molar-refractivity contribution is -0.193. The van der Waals surface area contributed by atoms with Gasteiger partial charge in [-0.15, -0.1) is 0 Å². The van der Waals surface area contributed by atoms with Gasteiger partial charge in [-0.3, -0.25) is 19.7 Å². The Kier molecular flexibility index (Phi) is 21.9. The summed E-state index contributed by atoms with van der Waals surface area (Å²) in [6.45, 7) is 4.83. The van der Waals surface area contributed by atoms with Crippen LogP contribution in [0.5, 0.6) is 5.75 Å². The van der Waals surface area contributed by atoms with Gasteiger partial charge in [0.2, 0.25) is 11.5 Å².